The SMILES string of the molecule is CCC12C3CC1(C(C)=CCCCC(C)C(C)C)CC32. The Balaban J connectivity index is 1.49. The molecule has 3 unspecified atom stereocenters. The van der Waals surface area contributed by atoms with Gasteiger partial charge in [0.1, 0.15) is 0 Å². The van der Waals surface area contributed by atoms with Gasteiger partial charge >= 0.3 is 0 Å². The van der Waals surface area contributed by atoms with E-state index in [9.17, 15) is 0 Å². The first-order chi connectivity index (χ1) is 8.99. The fraction of sp³-hybridized carbons (Fsp3) is 0.895. The summed E-state index contributed by atoms with van der Waals surface area (Å²) in [6.45, 7) is 12.0. The molecule has 0 spiro atoms. The minimum absolute atomic E-state index is 0.695. The standard InChI is InChI=1S/C19H32/c1-6-19-16-11-18(19,12-17(16)19)15(5)10-8-7-9-14(4)13(2)3/h10,13-14,16-17H,6-9,11-12H2,1-5H3. The van der Waals surface area contributed by atoms with Gasteiger partial charge in [0.05, 0.1) is 0 Å². The lowest BCUT2D eigenvalue weighted by Crippen LogP contribution is -2.47. The molecule has 0 heterocycles. The lowest BCUT2D eigenvalue weighted by molar-refractivity contribution is -0.0103. The van der Waals surface area contributed by atoms with Gasteiger partial charge in [-0.2, -0.15) is 0 Å². The van der Waals surface area contributed by atoms with E-state index in [4.69, 9.17) is 0 Å². The fourth-order valence-electron chi connectivity index (χ4n) is 5.75. The largest absolute Gasteiger partial charge is 0.0850 e. The van der Waals surface area contributed by atoms with Crippen LogP contribution in [0, 0.1) is 34.5 Å². The van der Waals surface area contributed by atoms with E-state index in [1.807, 2.05) is 0 Å². The second kappa shape index (κ2) is 4.37. The molecule has 0 N–H and O–H groups in total. The molecule has 19 heavy (non-hydrogen) atoms. The summed E-state index contributed by atoms with van der Waals surface area (Å²) in [6, 6.07) is 0. The predicted octanol–water partition coefficient (Wildman–Crippen LogP) is 5.83. The molecular formula is C19H32. The Hall–Kier alpha value is -0.260. The van der Waals surface area contributed by atoms with Crippen LogP contribution in [0.3, 0.4) is 0 Å². The van der Waals surface area contributed by atoms with Crippen molar-refractivity contribution in [3.05, 3.63) is 11.6 Å². The molecular weight excluding hydrogens is 228 g/mol. The first-order valence-corrected chi connectivity index (χ1v) is 8.67. The van der Waals surface area contributed by atoms with E-state index in [0.717, 1.165) is 29.1 Å². The normalized spacial score (nSPS) is 44.4. The summed E-state index contributed by atoms with van der Waals surface area (Å²) in [5, 5.41) is 0. The predicted molar refractivity (Wildman–Crippen MR) is 83.0 cm³/mol. The van der Waals surface area contributed by atoms with E-state index in [1.54, 1.807) is 5.57 Å². The van der Waals surface area contributed by atoms with Gasteiger partial charge in [0.25, 0.3) is 0 Å². The molecule has 108 valence electrons. The second-order valence-electron chi connectivity index (χ2n) is 8.14. The zero-order valence-electron chi connectivity index (χ0n) is 13.6. The van der Waals surface area contributed by atoms with Gasteiger partial charge < -0.3 is 0 Å². The molecule has 0 aromatic carbocycles. The highest BCUT2D eigenvalue weighted by molar-refractivity contribution is 5.45. The van der Waals surface area contributed by atoms with E-state index in [2.05, 4.69) is 40.7 Å². The number of hydrogen-bond donors (Lipinski definition) is 0. The van der Waals surface area contributed by atoms with Crippen molar-refractivity contribution in [3.8, 4) is 0 Å². The summed E-state index contributed by atoms with van der Waals surface area (Å²) in [7, 11) is 0. The van der Waals surface area contributed by atoms with Crippen molar-refractivity contribution in [1.29, 1.82) is 0 Å². The van der Waals surface area contributed by atoms with Crippen LogP contribution in [0.5, 0.6) is 0 Å². The van der Waals surface area contributed by atoms with E-state index in [-0.39, 0.29) is 0 Å². The van der Waals surface area contributed by atoms with Crippen molar-refractivity contribution in [1.82, 2.24) is 0 Å². The molecule has 0 radical (unpaired) electrons. The van der Waals surface area contributed by atoms with E-state index in [1.165, 1.54) is 38.5 Å². The molecule has 0 aliphatic heterocycles. The third kappa shape index (κ3) is 1.58. The van der Waals surface area contributed by atoms with Gasteiger partial charge in [-0.1, -0.05) is 45.8 Å². The van der Waals surface area contributed by atoms with Crippen LogP contribution in [-0.4, -0.2) is 0 Å². The lowest BCUT2D eigenvalue weighted by atomic mass is 9.49. The Morgan fingerprint density at radius 1 is 1.21 bits per heavy atom. The molecule has 0 amide bonds. The van der Waals surface area contributed by atoms with Crippen molar-refractivity contribution in [2.45, 2.75) is 73.1 Å². The fourth-order valence-corrected chi connectivity index (χ4v) is 5.75. The third-order valence-corrected chi connectivity index (χ3v) is 7.52. The van der Waals surface area contributed by atoms with Crippen LogP contribution in [0.2, 0.25) is 0 Å². The van der Waals surface area contributed by atoms with Gasteiger partial charge in [0.2, 0.25) is 0 Å². The Kier molecular flexibility index (Phi) is 3.15. The highest BCUT2D eigenvalue weighted by Gasteiger charge is 2.89. The van der Waals surface area contributed by atoms with Crippen LogP contribution >= 0.6 is 0 Å². The molecule has 0 heteroatoms. The zero-order valence-corrected chi connectivity index (χ0v) is 13.6. The second-order valence-corrected chi connectivity index (χ2v) is 8.14. The first-order valence-electron chi connectivity index (χ1n) is 8.67. The van der Waals surface area contributed by atoms with Gasteiger partial charge in [0.15, 0.2) is 0 Å². The Morgan fingerprint density at radius 2 is 1.84 bits per heavy atom. The number of rotatable bonds is 7. The molecule has 3 atom stereocenters. The Bertz CT molecular complexity index is 375. The number of unbranched alkanes of at least 4 members (excludes halogenated alkanes) is 1. The number of fused-ring (bicyclic) bond motifs is 1. The average Bonchev–Trinajstić information content (AvgIpc) is 2.70. The number of hydrogen-bond acceptors (Lipinski definition) is 0. The highest BCUT2D eigenvalue weighted by Crippen LogP contribution is 2.95. The molecule has 3 aliphatic rings. The summed E-state index contributed by atoms with van der Waals surface area (Å²) in [4.78, 5) is 0. The summed E-state index contributed by atoms with van der Waals surface area (Å²) in [6.07, 6.45) is 11.2. The van der Waals surface area contributed by atoms with Crippen LogP contribution in [-0.2, 0) is 0 Å². The maximum absolute atomic E-state index is 2.61. The molecule has 0 aromatic heterocycles. The number of allylic oxidation sites excluding steroid dienone is 2. The minimum atomic E-state index is 0.695. The van der Waals surface area contributed by atoms with Gasteiger partial charge in [-0.3, -0.25) is 0 Å². The molecule has 0 nitrogen and oxygen atoms in total. The van der Waals surface area contributed by atoms with Crippen molar-refractivity contribution in [3.63, 3.8) is 0 Å². The molecule has 3 saturated carbocycles. The molecule has 0 aromatic rings. The van der Waals surface area contributed by atoms with E-state index in [0.29, 0.717) is 5.41 Å². The van der Waals surface area contributed by atoms with Crippen LogP contribution in [0.25, 0.3) is 0 Å². The van der Waals surface area contributed by atoms with Gasteiger partial charge in [0, 0.05) is 0 Å². The van der Waals surface area contributed by atoms with Gasteiger partial charge in [-0.15, -0.1) is 0 Å². The zero-order chi connectivity index (χ0) is 13.8. The third-order valence-electron chi connectivity index (χ3n) is 7.52. The van der Waals surface area contributed by atoms with Crippen LogP contribution in [0.15, 0.2) is 11.6 Å². The van der Waals surface area contributed by atoms with Crippen molar-refractivity contribution in [2.24, 2.45) is 34.5 Å². The Labute approximate surface area is 120 Å². The topological polar surface area (TPSA) is 0 Å². The van der Waals surface area contributed by atoms with Crippen LogP contribution < -0.4 is 0 Å². The first kappa shape index (κ1) is 13.7. The summed E-state index contributed by atoms with van der Waals surface area (Å²) in [5.74, 6) is 4.01. The lowest BCUT2D eigenvalue weighted by Gasteiger charge is -2.55. The van der Waals surface area contributed by atoms with Crippen molar-refractivity contribution in [2.75, 3.05) is 0 Å². The maximum Gasteiger partial charge on any atom is -0.00232 e. The summed E-state index contributed by atoms with van der Waals surface area (Å²) in [5.41, 5.74) is 3.27. The monoisotopic (exact) mass is 260 g/mol. The van der Waals surface area contributed by atoms with E-state index < -0.39 is 0 Å². The molecule has 0 saturated heterocycles. The van der Waals surface area contributed by atoms with Gasteiger partial charge in [-0.25, -0.2) is 0 Å². The molecule has 3 fully saturated rings. The quantitative estimate of drug-likeness (QED) is 0.399. The van der Waals surface area contributed by atoms with Crippen LogP contribution in [0.4, 0.5) is 0 Å². The van der Waals surface area contributed by atoms with Crippen LogP contribution in [0.1, 0.15) is 73.1 Å². The van der Waals surface area contributed by atoms with E-state index >= 15 is 0 Å². The smallest absolute Gasteiger partial charge is 0.00232 e. The summed E-state index contributed by atoms with van der Waals surface area (Å²) >= 11 is 0. The summed E-state index contributed by atoms with van der Waals surface area (Å²) < 4.78 is 0. The molecule has 0 bridgehead atoms. The van der Waals surface area contributed by atoms with Crippen molar-refractivity contribution >= 4 is 0 Å². The maximum atomic E-state index is 2.61. The minimum Gasteiger partial charge on any atom is -0.0850 e. The van der Waals surface area contributed by atoms with Crippen molar-refractivity contribution < 1.29 is 0 Å². The average molecular weight is 260 g/mol. The molecule has 3 aliphatic carbocycles. The van der Waals surface area contributed by atoms with Gasteiger partial charge in [-0.05, 0) is 73.5 Å². The Morgan fingerprint density at radius 3 is 2.32 bits per heavy atom. The molecule has 3 rings (SSSR count). The highest BCUT2D eigenvalue weighted by atomic mass is 14.9.